The number of nitrogens with zero attached hydrogens (tertiary/aromatic N) is 1. The fraction of sp³-hybridized carbons (Fsp3) is 0.882. The molecule has 126 valence electrons. The third-order valence-electron chi connectivity index (χ3n) is 5.36. The minimum atomic E-state index is -0.0654. The molecule has 0 aromatic rings. The molecule has 2 aliphatic rings. The van der Waals surface area contributed by atoms with Gasteiger partial charge in [0, 0.05) is 37.5 Å². The van der Waals surface area contributed by atoms with Crippen molar-refractivity contribution >= 4 is 11.8 Å². The first kappa shape index (κ1) is 17.3. The first-order chi connectivity index (χ1) is 10.4. The maximum atomic E-state index is 12.3. The van der Waals surface area contributed by atoms with Crippen LogP contribution in [0, 0.1) is 11.3 Å². The van der Waals surface area contributed by atoms with Gasteiger partial charge in [-0.05, 0) is 12.8 Å². The number of ether oxygens (including phenoxy) is 1. The lowest BCUT2D eigenvalue weighted by atomic mass is 9.58. The second-order valence-corrected chi connectivity index (χ2v) is 7.36. The van der Waals surface area contributed by atoms with E-state index in [0.29, 0.717) is 18.9 Å². The minimum absolute atomic E-state index is 0.0478. The first-order valence-electron chi connectivity index (χ1n) is 8.48. The molecule has 3 atom stereocenters. The summed E-state index contributed by atoms with van der Waals surface area (Å²) in [5, 5.41) is 3.11. The topological polar surface area (TPSA) is 58.6 Å². The molecule has 1 heterocycles. The molecule has 0 spiro atoms. The molecule has 1 saturated heterocycles. The van der Waals surface area contributed by atoms with Crippen LogP contribution in [-0.2, 0) is 14.3 Å². The lowest BCUT2D eigenvalue weighted by Crippen LogP contribution is -2.68. The van der Waals surface area contributed by atoms with Gasteiger partial charge in [-0.25, -0.2) is 0 Å². The van der Waals surface area contributed by atoms with Crippen LogP contribution in [0.2, 0.25) is 0 Å². The summed E-state index contributed by atoms with van der Waals surface area (Å²) in [6.45, 7) is 7.23. The molecule has 0 aromatic heterocycles. The molecule has 2 rings (SSSR count). The SMILES string of the molecule is COC1C(C)C(NC(=O)CN2CCCCCCC2=O)C1(C)C. The number of nitrogens with one attached hydrogen (secondary N) is 1. The van der Waals surface area contributed by atoms with Crippen molar-refractivity contribution in [2.45, 2.75) is 65.0 Å². The molecule has 3 unspecified atom stereocenters. The van der Waals surface area contributed by atoms with Crippen LogP contribution in [0.3, 0.4) is 0 Å². The van der Waals surface area contributed by atoms with Gasteiger partial charge in [-0.3, -0.25) is 9.59 Å². The molecular formula is C17H30N2O3. The molecule has 0 aromatic carbocycles. The number of methoxy groups -OCH3 is 1. The minimum Gasteiger partial charge on any atom is -0.380 e. The van der Waals surface area contributed by atoms with Gasteiger partial charge in [0.05, 0.1) is 12.6 Å². The summed E-state index contributed by atoms with van der Waals surface area (Å²) in [6, 6.07) is 0.106. The Morgan fingerprint density at radius 3 is 2.64 bits per heavy atom. The smallest absolute Gasteiger partial charge is 0.239 e. The monoisotopic (exact) mass is 310 g/mol. The van der Waals surface area contributed by atoms with Gasteiger partial charge in [0.2, 0.25) is 11.8 Å². The number of likely N-dealkylation sites (tertiary alicyclic amines) is 1. The van der Waals surface area contributed by atoms with Crippen LogP contribution in [0.15, 0.2) is 0 Å². The summed E-state index contributed by atoms with van der Waals surface area (Å²) < 4.78 is 5.51. The van der Waals surface area contributed by atoms with E-state index in [1.165, 1.54) is 0 Å². The highest BCUT2D eigenvalue weighted by Crippen LogP contribution is 2.46. The highest BCUT2D eigenvalue weighted by atomic mass is 16.5. The van der Waals surface area contributed by atoms with Crippen molar-refractivity contribution in [2.24, 2.45) is 11.3 Å². The predicted molar refractivity (Wildman–Crippen MR) is 85.3 cm³/mol. The number of carbonyl (C=O) groups excluding carboxylic acids is 2. The largest absolute Gasteiger partial charge is 0.380 e. The third kappa shape index (κ3) is 3.45. The van der Waals surface area contributed by atoms with E-state index in [1.54, 1.807) is 12.0 Å². The van der Waals surface area contributed by atoms with E-state index in [1.807, 2.05) is 0 Å². The molecule has 5 nitrogen and oxygen atoms in total. The Morgan fingerprint density at radius 1 is 1.32 bits per heavy atom. The molecule has 1 aliphatic heterocycles. The van der Waals surface area contributed by atoms with Crippen molar-refractivity contribution < 1.29 is 14.3 Å². The highest BCUT2D eigenvalue weighted by Gasteiger charge is 2.55. The second kappa shape index (κ2) is 6.99. The van der Waals surface area contributed by atoms with E-state index in [9.17, 15) is 9.59 Å². The van der Waals surface area contributed by atoms with Gasteiger partial charge in [0.1, 0.15) is 0 Å². The lowest BCUT2D eigenvalue weighted by molar-refractivity contribution is -0.156. The quantitative estimate of drug-likeness (QED) is 0.863. The van der Waals surface area contributed by atoms with Crippen LogP contribution in [0.4, 0.5) is 0 Å². The lowest BCUT2D eigenvalue weighted by Gasteiger charge is -2.56. The zero-order valence-corrected chi connectivity index (χ0v) is 14.4. The number of carbonyl (C=O) groups is 2. The number of hydrogen-bond donors (Lipinski definition) is 1. The van der Waals surface area contributed by atoms with Gasteiger partial charge in [0.25, 0.3) is 0 Å². The van der Waals surface area contributed by atoms with Gasteiger partial charge in [-0.2, -0.15) is 0 Å². The van der Waals surface area contributed by atoms with E-state index in [2.05, 4.69) is 26.1 Å². The second-order valence-electron chi connectivity index (χ2n) is 7.36. The summed E-state index contributed by atoms with van der Waals surface area (Å²) in [5.74, 6) is 0.367. The van der Waals surface area contributed by atoms with Crippen LogP contribution in [-0.4, -0.2) is 49.1 Å². The number of hydrogen-bond acceptors (Lipinski definition) is 3. The zero-order valence-electron chi connectivity index (χ0n) is 14.4. The Hall–Kier alpha value is -1.10. The average molecular weight is 310 g/mol. The molecule has 1 saturated carbocycles. The summed E-state index contributed by atoms with van der Waals surface area (Å²) in [5.41, 5.74) is -0.0654. The maximum absolute atomic E-state index is 12.3. The van der Waals surface area contributed by atoms with Gasteiger partial charge in [0.15, 0.2) is 0 Å². The average Bonchev–Trinajstić information content (AvgIpc) is 2.45. The summed E-state index contributed by atoms with van der Waals surface area (Å²) in [6.07, 6.45) is 4.95. The fourth-order valence-corrected chi connectivity index (χ4v) is 4.20. The normalized spacial score (nSPS) is 31.9. The molecule has 1 N–H and O–H groups in total. The standard InChI is InChI=1S/C17H30N2O3/c1-12-15(17(2,3)16(12)22-4)18-13(20)11-19-10-8-6-5-7-9-14(19)21/h12,15-16H,5-11H2,1-4H3,(H,18,20). The van der Waals surface area contributed by atoms with Crippen molar-refractivity contribution in [3.63, 3.8) is 0 Å². The van der Waals surface area contributed by atoms with Crippen LogP contribution >= 0.6 is 0 Å². The van der Waals surface area contributed by atoms with Crippen LogP contribution in [0.1, 0.15) is 52.9 Å². The predicted octanol–water partition coefficient (Wildman–Crippen LogP) is 1.95. The van der Waals surface area contributed by atoms with E-state index in [-0.39, 0.29) is 35.9 Å². The molecule has 2 fully saturated rings. The van der Waals surface area contributed by atoms with E-state index >= 15 is 0 Å². The van der Waals surface area contributed by atoms with Gasteiger partial charge in [-0.1, -0.05) is 33.6 Å². The fourth-order valence-electron chi connectivity index (χ4n) is 4.20. The highest BCUT2D eigenvalue weighted by molar-refractivity contribution is 5.85. The molecule has 0 radical (unpaired) electrons. The van der Waals surface area contributed by atoms with Gasteiger partial charge in [-0.15, -0.1) is 0 Å². The third-order valence-corrected chi connectivity index (χ3v) is 5.36. The number of rotatable bonds is 4. The molecule has 1 aliphatic carbocycles. The van der Waals surface area contributed by atoms with Crippen molar-refractivity contribution in [3.05, 3.63) is 0 Å². The number of amides is 2. The first-order valence-corrected chi connectivity index (χ1v) is 8.48. The summed E-state index contributed by atoms with van der Waals surface area (Å²) in [4.78, 5) is 26.1. The van der Waals surface area contributed by atoms with Crippen LogP contribution in [0.25, 0.3) is 0 Å². The van der Waals surface area contributed by atoms with Crippen molar-refractivity contribution in [1.82, 2.24) is 10.2 Å². The summed E-state index contributed by atoms with van der Waals surface area (Å²) >= 11 is 0. The van der Waals surface area contributed by atoms with Gasteiger partial charge >= 0.3 is 0 Å². The van der Waals surface area contributed by atoms with Gasteiger partial charge < -0.3 is 15.0 Å². The molecule has 5 heteroatoms. The van der Waals surface area contributed by atoms with E-state index < -0.39 is 0 Å². The van der Waals surface area contributed by atoms with Crippen molar-refractivity contribution in [1.29, 1.82) is 0 Å². The molecule has 2 amide bonds. The molecule has 22 heavy (non-hydrogen) atoms. The molecular weight excluding hydrogens is 280 g/mol. The Bertz CT molecular complexity index is 422. The van der Waals surface area contributed by atoms with E-state index in [4.69, 9.17) is 4.74 Å². The Balaban J connectivity index is 1.88. The Kier molecular flexibility index (Phi) is 5.48. The van der Waals surface area contributed by atoms with Crippen LogP contribution < -0.4 is 5.32 Å². The Morgan fingerprint density at radius 2 is 2.00 bits per heavy atom. The Labute approximate surface area is 133 Å². The van der Waals surface area contributed by atoms with E-state index in [0.717, 1.165) is 25.7 Å². The summed E-state index contributed by atoms with van der Waals surface area (Å²) in [7, 11) is 1.72. The van der Waals surface area contributed by atoms with Crippen LogP contribution in [0.5, 0.6) is 0 Å². The van der Waals surface area contributed by atoms with Crippen molar-refractivity contribution in [2.75, 3.05) is 20.2 Å². The molecule has 0 bridgehead atoms. The van der Waals surface area contributed by atoms with Crippen molar-refractivity contribution in [3.8, 4) is 0 Å². The maximum Gasteiger partial charge on any atom is 0.239 e. The zero-order chi connectivity index (χ0) is 16.3.